The molecule has 0 bridgehead atoms. The van der Waals surface area contributed by atoms with Crippen molar-refractivity contribution in [3.63, 3.8) is 0 Å². The molecule has 2 fully saturated rings. The third-order valence-electron chi connectivity index (χ3n) is 7.56. The van der Waals surface area contributed by atoms with Crippen LogP contribution in [0.4, 0.5) is 19.0 Å². The van der Waals surface area contributed by atoms with Gasteiger partial charge in [0.25, 0.3) is 17.4 Å². The second-order valence-corrected chi connectivity index (χ2v) is 10.8. The second-order valence-electron chi connectivity index (χ2n) is 10.5. The summed E-state index contributed by atoms with van der Waals surface area (Å²) in [6.07, 6.45) is -3.35. The summed E-state index contributed by atoms with van der Waals surface area (Å²) >= 11 is 6.26. The van der Waals surface area contributed by atoms with Gasteiger partial charge in [0.05, 0.1) is 24.9 Å². The number of carbonyl (C=O) groups is 2. The minimum atomic E-state index is -5.22. The van der Waals surface area contributed by atoms with E-state index in [9.17, 15) is 27.9 Å². The van der Waals surface area contributed by atoms with Crippen LogP contribution in [-0.2, 0) is 15.1 Å². The number of aliphatic hydroxyl groups is 1. The Labute approximate surface area is 241 Å². The zero-order valence-corrected chi connectivity index (χ0v) is 23.9. The van der Waals surface area contributed by atoms with Gasteiger partial charge in [-0.3, -0.25) is 9.59 Å². The lowest BCUT2D eigenvalue weighted by molar-refractivity contribution is -0.262. The van der Waals surface area contributed by atoms with Gasteiger partial charge in [0.15, 0.2) is 0 Å². The van der Waals surface area contributed by atoms with Crippen molar-refractivity contribution in [2.24, 2.45) is 0 Å². The van der Waals surface area contributed by atoms with Crippen LogP contribution in [0.2, 0.25) is 5.15 Å². The quantitative estimate of drug-likeness (QED) is 0.484. The Bertz CT molecular complexity index is 1250. The predicted molar refractivity (Wildman–Crippen MR) is 146 cm³/mol. The summed E-state index contributed by atoms with van der Waals surface area (Å²) in [5.41, 5.74) is -3.94. The largest absolute Gasteiger partial charge is 0.497 e. The molecule has 1 aromatic heterocycles. The molecule has 3 heterocycles. The second kappa shape index (κ2) is 12.4. The van der Waals surface area contributed by atoms with E-state index in [4.69, 9.17) is 21.1 Å². The summed E-state index contributed by atoms with van der Waals surface area (Å²) in [4.78, 5) is 34.2. The Balaban J connectivity index is 1.31. The Morgan fingerprint density at radius 3 is 2.17 bits per heavy atom. The first-order chi connectivity index (χ1) is 19.3. The molecule has 0 radical (unpaired) electrons. The number of piperidine rings is 2. The Kier molecular flexibility index (Phi) is 9.35. The molecular formula is C28H34ClF3N4O5. The van der Waals surface area contributed by atoms with Crippen molar-refractivity contribution >= 4 is 29.2 Å². The van der Waals surface area contributed by atoms with E-state index in [1.165, 1.54) is 24.1 Å². The van der Waals surface area contributed by atoms with E-state index in [1.807, 2.05) is 0 Å². The monoisotopic (exact) mass is 598 g/mol. The molecular weight excluding hydrogens is 565 g/mol. The van der Waals surface area contributed by atoms with E-state index in [0.29, 0.717) is 50.2 Å². The van der Waals surface area contributed by atoms with Crippen molar-refractivity contribution in [3.05, 3.63) is 52.7 Å². The maximum Gasteiger partial charge on any atom is 0.430 e. The van der Waals surface area contributed by atoms with Crippen LogP contribution in [0.15, 0.2) is 36.4 Å². The van der Waals surface area contributed by atoms with E-state index in [2.05, 4.69) is 9.88 Å². The van der Waals surface area contributed by atoms with Crippen LogP contribution in [0.25, 0.3) is 0 Å². The lowest BCUT2D eigenvalue weighted by atomic mass is 9.90. The number of methoxy groups -OCH3 is 1. The number of halogens is 4. The lowest BCUT2D eigenvalue weighted by Gasteiger charge is -2.40. The van der Waals surface area contributed by atoms with E-state index in [-0.39, 0.29) is 42.1 Å². The van der Waals surface area contributed by atoms with Crippen molar-refractivity contribution in [1.29, 1.82) is 0 Å². The summed E-state index contributed by atoms with van der Waals surface area (Å²) in [7, 11) is 4.58. The Morgan fingerprint density at radius 2 is 1.63 bits per heavy atom. The highest BCUT2D eigenvalue weighted by atomic mass is 35.5. The van der Waals surface area contributed by atoms with Crippen LogP contribution in [-0.4, -0.2) is 97.5 Å². The number of likely N-dealkylation sites (tertiary alicyclic amines) is 1. The average molecular weight is 599 g/mol. The molecule has 0 spiro atoms. The van der Waals surface area contributed by atoms with Crippen LogP contribution in [0.5, 0.6) is 5.75 Å². The van der Waals surface area contributed by atoms with Crippen molar-refractivity contribution < 1.29 is 37.3 Å². The molecule has 2 saturated heterocycles. The molecule has 41 heavy (non-hydrogen) atoms. The van der Waals surface area contributed by atoms with E-state index in [1.54, 1.807) is 26.2 Å². The minimum Gasteiger partial charge on any atom is -0.497 e. The summed E-state index contributed by atoms with van der Waals surface area (Å²) in [6.45, 7) is 1.38. The van der Waals surface area contributed by atoms with Gasteiger partial charge in [0, 0.05) is 45.8 Å². The number of anilines is 1. The molecule has 1 aromatic carbocycles. The maximum absolute atomic E-state index is 14.1. The molecule has 9 nitrogen and oxygen atoms in total. The molecule has 13 heteroatoms. The van der Waals surface area contributed by atoms with Crippen LogP contribution in [0.3, 0.4) is 0 Å². The number of rotatable bonds is 7. The fourth-order valence-electron chi connectivity index (χ4n) is 5.17. The predicted octanol–water partition coefficient (Wildman–Crippen LogP) is 3.87. The number of pyridine rings is 1. The molecule has 2 aliphatic rings. The number of aromatic nitrogens is 1. The van der Waals surface area contributed by atoms with Gasteiger partial charge in [-0.25, -0.2) is 4.98 Å². The molecule has 4 rings (SSSR count). The first kappa shape index (κ1) is 30.9. The van der Waals surface area contributed by atoms with Crippen molar-refractivity contribution in [2.45, 2.75) is 49.7 Å². The third-order valence-corrected chi connectivity index (χ3v) is 7.85. The molecule has 2 aliphatic heterocycles. The van der Waals surface area contributed by atoms with Crippen LogP contribution in [0, 0.1) is 0 Å². The van der Waals surface area contributed by atoms with Crippen LogP contribution < -0.4 is 9.64 Å². The number of amides is 2. The number of hydrogen-bond donors (Lipinski definition) is 1. The molecule has 2 amide bonds. The van der Waals surface area contributed by atoms with Gasteiger partial charge in [-0.15, -0.1) is 0 Å². The number of hydrogen-bond acceptors (Lipinski definition) is 7. The normalized spacial score (nSPS) is 18.6. The Morgan fingerprint density at radius 1 is 1.02 bits per heavy atom. The topological polar surface area (TPSA) is 95.4 Å². The summed E-state index contributed by atoms with van der Waals surface area (Å²) < 4.78 is 53.5. The Hall–Kier alpha value is -3.09. The maximum atomic E-state index is 14.1. The number of benzene rings is 1. The van der Waals surface area contributed by atoms with Gasteiger partial charge in [0.1, 0.15) is 16.7 Å². The summed E-state index contributed by atoms with van der Waals surface area (Å²) in [5.74, 6) is -0.859. The first-order valence-corrected chi connectivity index (χ1v) is 13.7. The first-order valence-electron chi connectivity index (χ1n) is 13.4. The zero-order chi connectivity index (χ0) is 29.9. The molecule has 0 aliphatic carbocycles. The van der Waals surface area contributed by atoms with Crippen molar-refractivity contribution in [3.8, 4) is 5.75 Å². The zero-order valence-electron chi connectivity index (χ0n) is 23.2. The smallest absolute Gasteiger partial charge is 0.430 e. The molecule has 1 N–H and O–H groups in total. The van der Waals surface area contributed by atoms with E-state index >= 15 is 0 Å². The molecule has 1 unspecified atom stereocenters. The van der Waals surface area contributed by atoms with Gasteiger partial charge in [-0.2, -0.15) is 13.2 Å². The van der Waals surface area contributed by atoms with Gasteiger partial charge in [0.2, 0.25) is 0 Å². The SMILES string of the molecule is COc1cccc(C(O)(C(=O)N2CCC(OC3CCN(c4ccc(C(=O)N(C)C)c(Cl)n4)CC3)CC2)C(F)(F)F)c1. The van der Waals surface area contributed by atoms with Crippen LogP contribution >= 0.6 is 11.6 Å². The highest BCUT2D eigenvalue weighted by Gasteiger charge is 2.62. The summed E-state index contributed by atoms with van der Waals surface area (Å²) in [6, 6.07) is 8.26. The van der Waals surface area contributed by atoms with Gasteiger partial charge < -0.3 is 29.3 Å². The fraction of sp³-hybridized carbons (Fsp3) is 0.536. The fourth-order valence-corrected chi connectivity index (χ4v) is 5.41. The van der Waals surface area contributed by atoms with E-state index < -0.39 is 23.2 Å². The lowest BCUT2D eigenvalue weighted by Crippen LogP contribution is -2.57. The van der Waals surface area contributed by atoms with Crippen LogP contribution in [0.1, 0.15) is 41.6 Å². The van der Waals surface area contributed by atoms with Gasteiger partial charge in [-0.05, 0) is 49.9 Å². The summed E-state index contributed by atoms with van der Waals surface area (Å²) in [5, 5.41) is 10.9. The molecule has 224 valence electrons. The van der Waals surface area contributed by atoms with Crippen molar-refractivity contribution in [1.82, 2.24) is 14.8 Å². The highest BCUT2D eigenvalue weighted by Crippen LogP contribution is 2.42. The van der Waals surface area contributed by atoms with Gasteiger partial charge in [-0.1, -0.05) is 23.7 Å². The minimum absolute atomic E-state index is 0.0329. The highest BCUT2D eigenvalue weighted by molar-refractivity contribution is 6.32. The van der Waals surface area contributed by atoms with Crippen molar-refractivity contribution in [2.75, 3.05) is 52.3 Å². The standard InChI is InChI=1S/C28H34ClF3N4O5/c1-34(2)25(37)22-7-8-23(33-24(22)29)35-13-9-19(10-14-35)41-20-11-15-36(16-12-20)26(38)27(39,28(30,31)32)18-5-4-6-21(17-18)40-3/h4-8,17,19-20,39H,9-16H2,1-3H3. The molecule has 2 aromatic rings. The average Bonchev–Trinajstić information content (AvgIpc) is 2.96. The number of nitrogens with zero attached hydrogens (tertiary/aromatic N) is 4. The number of ether oxygens (including phenoxy) is 2. The third kappa shape index (κ3) is 6.54. The molecule has 1 atom stereocenters. The van der Waals surface area contributed by atoms with E-state index in [0.717, 1.165) is 17.0 Å². The number of carbonyl (C=O) groups excluding carboxylic acids is 2. The van der Waals surface area contributed by atoms with Gasteiger partial charge >= 0.3 is 6.18 Å². The number of alkyl halides is 3. The molecule has 0 saturated carbocycles.